The van der Waals surface area contributed by atoms with E-state index in [-0.39, 0.29) is 17.2 Å². The minimum absolute atomic E-state index is 0.0999. The van der Waals surface area contributed by atoms with Gasteiger partial charge in [-0.15, -0.1) is 0 Å². The summed E-state index contributed by atoms with van der Waals surface area (Å²) in [5.74, 6) is -1.25. The van der Waals surface area contributed by atoms with E-state index in [2.05, 4.69) is 0 Å². The lowest BCUT2D eigenvalue weighted by Crippen LogP contribution is -2.33. The zero-order valence-electron chi connectivity index (χ0n) is 10.9. The van der Waals surface area contributed by atoms with Crippen molar-refractivity contribution in [1.29, 1.82) is 0 Å². The van der Waals surface area contributed by atoms with Gasteiger partial charge in [0.25, 0.3) is 5.91 Å². The number of hydrogen-bond donors (Lipinski definition) is 2. The van der Waals surface area contributed by atoms with Gasteiger partial charge in [0.15, 0.2) is 0 Å². The van der Waals surface area contributed by atoms with E-state index in [0.717, 1.165) is 12.1 Å². The zero-order chi connectivity index (χ0) is 14.0. The molecule has 0 saturated carbocycles. The molecule has 0 spiro atoms. The maximum Gasteiger partial charge on any atom is 0.257 e. The molecule has 1 saturated heterocycles. The van der Waals surface area contributed by atoms with Gasteiger partial charge < -0.3 is 15.1 Å². The Labute approximate surface area is 111 Å². The van der Waals surface area contributed by atoms with Gasteiger partial charge in [0.2, 0.25) is 0 Å². The summed E-state index contributed by atoms with van der Waals surface area (Å²) in [7, 11) is 0. The van der Waals surface area contributed by atoms with Gasteiger partial charge in [-0.05, 0) is 38.3 Å². The first kappa shape index (κ1) is 13.8. The molecule has 5 heteroatoms. The van der Waals surface area contributed by atoms with E-state index in [1.807, 2.05) is 0 Å². The predicted octanol–water partition coefficient (Wildman–Crippen LogP) is 1.91. The molecule has 1 aromatic carbocycles. The summed E-state index contributed by atoms with van der Waals surface area (Å²) in [4.78, 5) is 13.8. The van der Waals surface area contributed by atoms with Crippen LogP contribution in [0.2, 0.25) is 0 Å². The normalized spacial score (nSPS) is 24.1. The number of halogens is 1. The van der Waals surface area contributed by atoms with Gasteiger partial charge in [-0.1, -0.05) is 0 Å². The molecule has 0 bridgehead atoms. The Morgan fingerprint density at radius 2 is 2.11 bits per heavy atom. The van der Waals surface area contributed by atoms with E-state index >= 15 is 0 Å². The van der Waals surface area contributed by atoms with Crippen LogP contribution in [0.1, 0.15) is 36.5 Å². The summed E-state index contributed by atoms with van der Waals surface area (Å²) in [6.45, 7) is 2.73. The number of aliphatic hydroxyl groups is 1. The minimum Gasteiger partial charge on any atom is -0.507 e. The van der Waals surface area contributed by atoms with Crippen LogP contribution in [0.4, 0.5) is 4.39 Å². The van der Waals surface area contributed by atoms with Crippen molar-refractivity contribution in [1.82, 2.24) is 4.90 Å². The van der Waals surface area contributed by atoms with Gasteiger partial charge in [0, 0.05) is 19.2 Å². The van der Waals surface area contributed by atoms with E-state index in [0.29, 0.717) is 32.4 Å². The number of hydrogen-bond acceptors (Lipinski definition) is 3. The van der Waals surface area contributed by atoms with Gasteiger partial charge in [-0.3, -0.25) is 4.79 Å². The average molecular weight is 267 g/mol. The molecular formula is C14H18FNO3. The average Bonchev–Trinajstić information content (AvgIpc) is 2.49. The zero-order valence-corrected chi connectivity index (χ0v) is 10.9. The first-order valence-electron chi connectivity index (χ1n) is 6.39. The predicted molar refractivity (Wildman–Crippen MR) is 68.4 cm³/mol. The minimum atomic E-state index is -0.750. The summed E-state index contributed by atoms with van der Waals surface area (Å²) in [5, 5.41) is 19.6. The summed E-state index contributed by atoms with van der Waals surface area (Å²) in [5.41, 5.74) is -0.650. The molecular weight excluding hydrogens is 249 g/mol. The molecule has 2 rings (SSSR count). The van der Waals surface area contributed by atoms with Crippen LogP contribution in [0.25, 0.3) is 0 Å². The second kappa shape index (κ2) is 5.17. The van der Waals surface area contributed by atoms with Crippen molar-refractivity contribution in [3.63, 3.8) is 0 Å². The quantitative estimate of drug-likeness (QED) is 0.817. The number of benzene rings is 1. The highest BCUT2D eigenvalue weighted by Crippen LogP contribution is 2.25. The number of phenolic OH excluding ortho intramolecular Hbond substituents is 1. The van der Waals surface area contributed by atoms with Gasteiger partial charge in [0.1, 0.15) is 11.6 Å². The van der Waals surface area contributed by atoms with Crippen LogP contribution in [0.3, 0.4) is 0 Å². The van der Waals surface area contributed by atoms with Crippen molar-refractivity contribution in [3.05, 3.63) is 29.6 Å². The fourth-order valence-corrected chi connectivity index (χ4v) is 2.32. The molecule has 1 heterocycles. The van der Waals surface area contributed by atoms with Gasteiger partial charge in [-0.25, -0.2) is 4.39 Å². The Bertz CT molecular complexity index is 488. The maximum absolute atomic E-state index is 12.9. The maximum atomic E-state index is 12.9. The molecule has 1 aliphatic heterocycles. The molecule has 1 aliphatic rings. The molecule has 1 unspecified atom stereocenters. The van der Waals surface area contributed by atoms with Crippen LogP contribution in [0.15, 0.2) is 18.2 Å². The Morgan fingerprint density at radius 3 is 2.79 bits per heavy atom. The lowest BCUT2D eigenvalue weighted by atomic mass is 9.98. The highest BCUT2D eigenvalue weighted by Gasteiger charge is 2.28. The third-order valence-corrected chi connectivity index (χ3v) is 3.54. The van der Waals surface area contributed by atoms with Gasteiger partial charge in [-0.2, -0.15) is 0 Å². The van der Waals surface area contributed by atoms with Crippen LogP contribution < -0.4 is 0 Å². The van der Waals surface area contributed by atoms with E-state index in [9.17, 15) is 19.4 Å². The summed E-state index contributed by atoms with van der Waals surface area (Å²) in [6.07, 6.45) is 1.85. The largest absolute Gasteiger partial charge is 0.507 e. The molecule has 2 N–H and O–H groups in total. The highest BCUT2D eigenvalue weighted by molar-refractivity contribution is 5.96. The number of likely N-dealkylation sites (tertiary alicyclic amines) is 1. The van der Waals surface area contributed by atoms with E-state index in [4.69, 9.17) is 0 Å². The number of phenols is 1. The highest BCUT2D eigenvalue weighted by atomic mass is 19.1. The molecule has 4 nitrogen and oxygen atoms in total. The Hall–Kier alpha value is -1.62. The molecule has 19 heavy (non-hydrogen) atoms. The van der Waals surface area contributed by atoms with Crippen LogP contribution >= 0.6 is 0 Å². The fraction of sp³-hybridized carbons (Fsp3) is 0.500. The van der Waals surface area contributed by atoms with Crippen molar-refractivity contribution < 1.29 is 19.4 Å². The monoisotopic (exact) mass is 267 g/mol. The fourth-order valence-electron chi connectivity index (χ4n) is 2.32. The number of rotatable bonds is 1. The first-order valence-corrected chi connectivity index (χ1v) is 6.39. The van der Waals surface area contributed by atoms with Crippen molar-refractivity contribution in [3.8, 4) is 5.75 Å². The molecule has 0 aromatic heterocycles. The van der Waals surface area contributed by atoms with Crippen molar-refractivity contribution in [2.45, 2.75) is 31.8 Å². The first-order chi connectivity index (χ1) is 8.89. The van der Waals surface area contributed by atoms with Crippen LogP contribution in [0.5, 0.6) is 5.75 Å². The SMILES string of the molecule is CC1(O)CCCN(C(=O)c2ccc(F)cc2O)CC1. The standard InChI is InChI=1S/C14H18FNO3/c1-14(19)5-2-7-16(8-6-14)13(18)11-4-3-10(15)9-12(11)17/h3-4,9,17,19H,2,5-8H2,1H3. The second-order valence-electron chi connectivity index (χ2n) is 5.30. The molecule has 1 atom stereocenters. The topological polar surface area (TPSA) is 60.8 Å². The summed E-state index contributed by atoms with van der Waals surface area (Å²) < 4.78 is 12.9. The van der Waals surface area contributed by atoms with Crippen LogP contribution in [0, 0.1) is 5.82 Å². The Balaban J connectivity index is 2.15. The second-order valence-corrected chi connectivity index (χ2v) is 5.30. The molecule has 0 aliphatic carbocycles. The molecule has 1 aromatic rings. The number of amides is 1. The number of aromatic hydroxyl groups is 1. The Kier molecular flexibility index (Phi) is 3.75. The third kappa shape index (κ3) is 3.23. The van der Waals surface area contributed by atoms with Crippen molar-refractivity contribution in [2.75, 3.05) is 13.1 Å². The van der Waals surface area contributed by atoms with Crippen molar-refractivity contribution in [2.24, 2.45) is 0 Å². The lowest BCUT2D eigenvalue weighted by Gasteiger charge is -2.22. The molecule has 1 amide bonds. The van der Waals surface area contributed by atoms with Crippen molar-refractivity contribution >= 4 is 5.91 Å². The van der Waals surface area contributed by atoms with E-state index in [1.165, 1.54) is 6.07 Å². The molecule has 0 radical (unpaired) electrons. The van der Waals surface area contributed by atoms with E-state index in [1.54, 1.807) is 11.8 Å². The number of nitrogens with zero attached hydrogens (tertiary/aromatic N) is 1. The summed E-state index contributed by atoms with van der Waals surface area (Å²) in [6, 6.07) is 3.37. The van der Waals surface area contributed by atoms with Gasteiger partial charge >= 0.3 is 0 Å². The Morgan fingerprint density at radius 1 is 1.37 bits per heavy atom. The third-order valence-electron chi connectivity index (χ3n) is 3.54. The van der Waals surface area contributed by atoms with Gasteiger partial charge in [0.05, 0.1) is 11.2 Å². The number of carbonyl (C=O) groups excluding carboxylic acids is 1. The summed E-state index contributed by atoms with van der Waals surface area (Å²) >= 11 is 0. The number of carbonyl (C=O) groups is 1. The van der Waals surface area contributed by atoms with E-state index < -0.39 is 11.4 Å². The van der Waals surface area contributed by atoms with Crippen LogP contribution in [-0.2, 0) is 0 Å². The molecule has 104 valence electrons. The molecule has 1 fully saturated rings. The van der Waals surface area contributed by atoms with Crippen LogP contribution in [-0.4, -0.2) is 39.7 Å². The smallest absolute Gasteiger partial charge is 0.257 e. The lowest BCUT2D eigenvalue weighted by molar-refractivity contribution is 0.0437.